The van der Waals surface area contributed by atoms with Gasteiger partial charge in [-0.25, -0.2) is 4.98 Å². The van der Waals surface area contributed by atoms with Gasteiger partial charge in [-0.1, -0.05) is 41.4 Å². The normalized spacial score (nSPS) is 11.1. The van der Waals surface area contributed by atoms with Crippen LogP contribution in [-0.4, -0.2) is 18.1 Å². The molecule has 6 heteroatoms. The minimum absolute atomic E-state index is 0.514. The third-order valence-electron chi connectivity index (χ3n) is 4.34. The van der Waals surface area contributed by atoms with E-state index in [0.29, 0.717) is 23.1 Å². The van der Waals surface area contributed by atoms with Crippen LogP contribution in [0, 0.1) is 0 Å². The molecule has 0 radical (unpaired) electrons. The number of nitrogens with zero attached hydrogens (tertiary/aromatic N) is 1. The minimum atomic E-state index is 0.514. The van der Waals surface area contributed by atoms with Gasteiger partial charge in [-0.2, -0.15) is 0 Å². The van der Waals surface area contributed by atoms with Crippen LogP contribution in [0.4, 0.5) is 17.1 Å². The van der Waals surface area contributed by atoms with Gasteiger partial charge in [0.1, 0.15) is 0 Å². The highest BCUT2D eigenvalue weighted by Gasteiger charge is 2.09. The summed E-state index contributed by atoms with van der Waals surface area (Å²) in [7, 11) is 0. The number of para-hydroxylation sites is 1. The molecule has 0 aliphatic heterocycles. The second-order valence-corrected chi connectivity index (χ2v) is 7.02. The third-order valence-corrected chi connectivity index (χ3v) is 5.07. The molecule has 4 aromatic rings. The molecule has 0 aliphatic carbocycles. The summed E-state index contributed by atoms with van der Waals surface area (Å²) < 4.78 is 0. The molecule has 1 heterocycles. The molecule has 0 atom stereocenters. The Morgan fingerprint density at radius 1 is 0.815 bits per heavy atom. The summed E-state index contributed by atoms with van der Waals surface area (Å²) in [5.41, 5.74) is 10.4. The fourth-order valence-corrected chi connectivity index (χ4v) is 3.40. The SMILES string of the molecule is NCCNc1c2ccccc2nc2cc(Nc3ccc(Cl)c(Cl)c3)ccc12. The highest BCUT2D eigenvalue weighted by molar-refractivity contribution is 6.42. The van der Waals surface area contributed by atoms with E-state index < -0.39 is 0 Å². The predicted molar refractivity (Wildman–Crippen MR) is 117 cm³/mol. The maximum Gasteiger partial charge on any atom is 0.0751 e. The zero-order valence-corrected chi connectivity index (χ0v) is 16.0. The van der Waals surface area contributed by atoms with Crippen LogP contribution in [0.1, 0.15) is 0 Å². The van der Waals surface area contributed by atoms with Gasteiger partial charge in [0.05, 0.1) is 26.8 Å². The number of hydrogen-bond acceptors (Lipinski definition) is 4. The van der Waals surface area contributed by atoms with Crippen molar-refractivity contribution in [2.45, 2.75) is 0 Å². The predicted octanol–water partition coefficient (Wildman–Crippen LogP) is 5.81. The molecule has 4 nitrogen and oxygen atoms in total. The van der Waals surface area contributed by atoms with E-state index in [0.717, 1.165) is 38.9 Å². The van der Waals surface area contributed by atoms with Crippen molar-refractivity contribution in [2.75, 3.05) is 23.7 Å². The average molecular weight is 397 g/mol. The molecule has 0 spiro atoms. The van der Waals surface area contributed by atoms with E-state index in [1.54, 1.807) is 12.1 Å². The topological polar surface area (TPSA) is 63.0 Å². The standard InChI is InChI=1S/C21H18Cl2N4/c22-17-8-6-13(11-18(17)23)26-14-5-7-16-20(12-14)27-19-4-2-1-3-15(19)21(16)25-10-9-24/h1-8,11-12,26H,9-10,24H2,(H,25,27). The van der Waals surface area contributed by atoms with E-state index in [1.165, 1.54) is 0 Å². The second-order valence-electron chi connectivity index (χ2n) is 6.21. The second kappa shape index (κ2) is 7.61. The molecule has 0 saturated carbocycles. The van der Waals surface area contributed by atoms with Gasteiger partial charge >= 0.3 is 0 Å². The van der Waals surface area contributed by atoms with Gasteiger partial charge in [-0.15, -0.1) is 0 Å². The number of hydrogen-bond donors (Lipinski definition) is 3. The van der Waals surface area contributed by atoms with Crippen molar-refractivity contribution < 1.29 is 0 Å². The van der Waals surface area contributed by atoms with Crippen LogP contribution in [0.25, 0.3) is 21.8 Å². The van der Waals surface area contributed by atoms with E-state index in [4.69, 9.17) is 33.9 Å². The van der Waals surface area contributed by atoms with Crippen molar-refractivity contribution in [3.8, 4) is 0 Å². The lowest BCUT2D eigenvalue weighted by atomic mass is 10.1. The number of pyridine rings is 1. The largest absolute Gasteiger partial charge is 0.383 e. The summed E-state index contributed by atoms with van der Waals surface area (Å²) in [6.45, 7) is 1.27. The molecular weight excluding hydrogens is 379 g/mol. The maximum atomic E-state index is 6.11. The Balaban J connectivity index is 1.79. The molecule has 0 saturated heterocycles. The van der Waals surface area contributed by atoms with Crippen LogP contribution >= 0.6 is 23.2 Å². The van der Waals surface area contributed by atoms with Crippen molar-refractivity contribution in [1.29, 1.82) is 0 Å². The lowest BCUT2D eigenvalue weighted by Crippen LogP contribution is -2.13. The summed E-state index contributed by atoms with van der Waals surface area (Å²) in [4.78, 5) is 4.82. The molecule has 0 amide bonds. The van der Waals surface area contributed by atoms with Gasteiger partial charge in [0.15, 0.2) is 0 Å². The number of benzene rings is 3. The molecule has 0 bridgehead atoms. The molecule has 1 aromatic heterocycles. The molecule has 0 unspecified atom stereocenters. The summed E-state index contributed by atoms with van der Waals surface area (Å²) >= 11 is 12.1. The van der Waals surface area contributed by atoms with Gasteiger partial charge in [0, 0.05) is 35.2 Å². The molecule has 136 valence electrons. The first-order valence-electron chi connectivity index (χ1n) is 8.64. The Bertz CT molecular complexity index is 1130. The Labute approximate surface area is 167 Å². The first-order chi connectivity index (χ1) is 13.2. The maximum absolute atomic E-state index is 6.11. The van der Waals surface area contributed by atoms with Crippen molar-refractivity contribution >= 4 is 62.1 Å². The van der Waals surface area contributed by atoms with Crippen LogP contribution in [0.5, 0.6) is 0 Å². The number of rotatable bonds is 5. The van der Waals surface area contributed by atoms with E-state index >= 15 is 0 Å². The Kier molecular flexibility index (Phi) is 5.03. The third kappa shape index (κ3) is 3.65. The zero-order valence-electron chi connectivity index (χ0n) is 14.5. The van der Waals surface area contributed by atoms with E-state index in [9.17, 15) is 0 Å². The zero-order chi connectivity index (χ0) is 18.8. The quantitative estimate of drug-likeness (QED) is 0.372. The lowest BCUT2D eigenvalue weighted by molar-refractivity contribution is 1.03. The van der Waals surface area contributed by atoms with E-state index in [-0.39, 0.29) is 0 Å². The summed E-state index contributed by atoms with van der Waals surface area (Å²) in [6.07, 6.45) is 0. The Morgan fingerprint density at radius 2 is 1.56 bits per heavy atom. The smallest absolute Gasteiger partial charge is 0.0751 e. The molecule has 0 aliphatic rings. The van der Waals surface area contributed by atoms with Crippen molar-refractivity contribution in [3.05, 3.63) is 70.7 Å². The number of aromatic nitrogens is 1. The van der Waals surface area contributed by atoms with Gasteiger partial charge in [0.25, 0.3) is 0 Å². The fourth-order valence-electron chi connectivity index (χ4n) is 3.10. The molecule has 4 rings (SSSR count). The van der Waals surface area contributed by atoms with E-state index in [2.05, 4.69) is 22.8 Å². The van der Waals surface area contributed by atoms with Crippen LogP contribution in [0.2, 0.25) is 10.0 Å². The van der Waals surface area contributed by atoms with Crippen molar-refractivity contribution in [3.63, 3.8) is 0 Å². The molecule has 3 aromatic carbocycles. The number of nitrogens with one attached hydrogen (secondary N) is 2. The first kappa shape index (κ1) is 17.9. The van der Waals surface area contributed by atoms with Crippen molar-refractivity contribution in [2.24, 2.45) is 5.73 Å². The Morgan fingerprint density at radius 3 is 2.37 bits per heavy atom. The van der Waals surface area contributed by atoms with Crippen molar-refractivity contribution in [1.82, 2.24) is 4.98 Å². The van der Waals surface area contributed by atoms with Crippen LogP contribution in [0.15, 0.2) is 60.7 Å². The highest BCUT2D eigenvalue weighted by atomic mass is 35.5. The number of halogens is 2. The highest BCUT2D eigenvalue weighted by Crippen LogP contribution is 2.33. The average Bonchev–Trinajstić information content (AvgIpc) is 2.68. The van der Waals surface area contributed by atoms with Gasteiger partial charge < -0.3 is 16.4 Å². The Hall–Kier alpha value is -2.53. The minimum Gasteiger partial charge on any atom is -0.383 e. The number of fused-ring (bicyclic) bond motifs is 2. The molecule has 27 heavy (non-hydrogen) atoms. The van der Waals surface area contributed by atoms with E-state index in [1.807, 2.05) is 36.4 Å². The molecule has 0 fully saturated rings. The van der Waals surface area contributed by atoms with Gasteiger partial charge in [-0.05, 0) is 42.5 Å². The number of anilines is 3. The van der Waals surface area contributed by atoms with Gasteiger partial charge in [-0.3, -0.25) is 0 Å². The fraction of sp³-hybridized carbons (Fsp3) is 0.0952. The summed E-state index contributed by atoms with van der Waals surface area (Å²) in [6, 6.07) is 19.7. The van der Waals surface area contributed by atoms with Crippen LogP contribution in [-0.2, 0) is 0 Å². The summed E-state index contributed by atoms with van der Waals surface area (Å²) in [5.74, 6) is 0. The van der Waals surface area contributed by atoms with Crippen LogP contribution < -0.4 is 16.4 Å². The van der Waals surface area contributed by atoms with Gasteiger partial charge in [0.2, 0.25) is 0 Å². The molecule has 4 N–H and O–H groups in total. The monoisotopic (exact) mass is 396 g/mol. The summed E-state index contributed by atoms with van der Waals surface area (Å²) in [5, 5.41) is 9.99. The lowest BCUT2D eigenvalue weighted by Gasteiger charge is -2.14. The number of nitrogens with two attached hydrogens (primary N) is 1. The molecular formula is C21H18Cl2N4. The first-order valence-corrected chi connectivity index (χ1v) is 9.40. The van der Waals surface area contributed by atoms with Crippen LogP contribution in [0.3, 0.4) is 0 Å².